The van der Waals surface area contributed by atoms with Gasteiger partial charge in [0.2, 0.25) is 0 Å². The van der Waals surface area contributed by atoms with Gasteiger partial charge in [-0.25, -0.2) is 5.01 Å². The molecule has 0 spiro atoms. The highest BCUT2D eigenvalue weighted by molar-refractivity contribution is 7.80. The van der Waals surface area contributed by atoms with Gasteiger partial charge in [0.1, 0.15) is 0 Å². The Balaban J connectivity index is 3.34. The normalized spacial score (nSPS) is 9.33. The van der Waals surface area contributed by atoms with Crippen molar-refractivity contribution in [2.24, 2.45) is 0 Å². The van der Waals surface area contributed by atoms with Gasteiger partial charge in [0.25, 0.3) is 0 Å². The minimum absolute atomic E-state index is 0.652. The maximum Gasteiger partial charge on any atom is 0.180 e. The van der Waals surface area contributed by atoms with Crippen LogP contribution in [-0.4, -0.2) is 30.8 Å². The van der Waals surface area contributed by atoms with E-state index in [-0.39, 0.29) is 0 Å². The lowest BCUT2D eigenvalue weighted by Gasteiger charge is -2.16. The van der Waals surface area contributed by atoms with E-state index in [0.29, 0.717) is 5.11 Å². The second kappa shape index (κ2) is 4.52. The Morgan fingerprint density at radius 1 is 1.67 bits per heavy atom. The minimum atomic E-state index is 0.652. The summed E-state index contributed by atoms with van der Waals surface area (Å²) in [5.41, 5.74) is 2.93. The van der Waals surface area contributed by atoms with Gasteiger partial charge in [0.15, 0.2) is 5.11 Å². The summed E-state index contributed by atoms with van der Waals surface area (Å²) in [6.07, 6.45) is 0. The minimum Gasteiger partial charge on any atom is -0.365 e. The molecule has 54 valence electrons. The molecule has 0 rings (SSSR count). The highest BCUT2D eigenvalue weighted by atomic mass is 32.1. The average Bonchev–Trinajstić information content (AvgIpc) is 1.87. The van der Waals surface area contributed by atoms with Gasteiger partial charge >= 0.3 is 0 Å². The third-order valence-corrected chi connectivity index (χ3v) is 1.29. The van der Waals surface area contributed by atoms with Crippen LogP contribution in [0.15, 0.2) is 0 Å². The topological polar surface area (TPSA) is 27.3 Å². The molecule has 0 aromatic carbocycles. The lowest BCUT2D eigenvalue weighted by molar-refractivity contribution is 0.308. The van der Waals surface area contributed by atoms with Crippen LogP contribution >= 0.6 is 12.2 Å². The molecule has 0 amide bonds. The maximum absolute atomic E-state index is 4.83. The molecule has 0 bridgehead atoms. The molecule has 0 unspecified atom stereocenters. The first kappa shape index (κ1) is 8.65. The van der Waals surface area contributed by atoms with E-state index in [0.717, 1.165) is 6.54 Å². The van der Waals surface area contributed by atoms with Crippen LogP contribution in [0.25, 0.3) is 0 Å². The van der Waals surface area contributed by atoms with Gasteiger partial charge in [-0.2, -0.15) is 0 Å². The predicted octanol–water partition coefficient (Wildman–Crippen LogP) is -0.0530. The van der Waals surface area contributed by atoms with Crippen molar-refractivity contribution in [3.05, 3.63) is 0 Å². The molecule has 0 atom stereocenters. The third kappa shape index (κ3) is 4.17. The van der Waals surface area contributed by atoms with Crippen molar-refractivity contribution in [3.63, 3.8) is 0 Å². The van der Waals surface area contributed by atoms with Crippen molar-refractivity contribution in [1.29, 1.82) is 0 Å². The van der Waals surface area contributed by atoms with Crippen molar-refractivity contribution >= 4 is 17.3 Å². The van der Waals surface area contributed by atoms with Gasteiger partial charge in [-0.15, -0.1) is 0 Å². The molecule has 2 N–H and O–H groups in total. The number of hydrogen-bond acceptors (Lipinski definition) is 2. The molecule has 3 nitrogen and oxygen atoms in total. The molecule has 0 aliphatic rings. The van der Waals surface area contributed by atoms with Crippen molar-refractivity contribution in [2.75, 3.05) is 20.6 Å². The third-order valence-electron chi connectivity index (χ3n) is 0.994. The van der Waals surface area contributed by atoms with Crippen LogP contribution in [-0.2, 0) is 0 Å². The van der Waals surface area contributed by atoms with Crippen molar-refractivity contribution in [2.45, 2.75) is 6.92 Å². The van der Waals surface area contributed by atoms with E-state index in [2.05, 4.69) is 10.7 Å². The molecular weight excluding hydrogens is 134 g/mol. The summed E-state index contributed by atoms with van der Waals surface area (Å²) in [4.78, 5) is 0. The lowest BCUT2D eigenvalue weighted by Crippen LogP contribution is -2.43. The van der Waals surface area contributed by atoms with Crippen LogP contribution < -0.4 is 10.7 Å². The number of rotatable bonds is 2. The quantitative estimate of drug-likeness (QED) is 0.423. The van der Waals surface area contributed by atoms with E-state index in [9.17, 15) is 0 Å². The van der Waals surface area contributed by atoms with Gasteiger partial charge in [-0.1, -0.05) is 6.92 Å². The first-order valence-corrected chi connectivity index (χ1v) is 3.31. The van der Waals surface area contributed by atoms with Crippen LogP contribution in [0, 0.1) is 0 Å². The van der Waals surface area contributed by atoms with Crippen molar-refractivity contribution < 1.29 is 0 Å². The standard InChI is InChI=1S/C5H13N3S/c1-4-8(3)7-5(9)6-2/h4H2,1-3H3,(H2,6,7,9). The van der Waals surface area contributed by atoms with E-state index in [1.165, 1.54) is 0 Å². The monoisotopic (exact) mass is 147 g/mol. The molecule has 9 heavy (non-hydrogen) atoms. The smallest absolute Gasteiger partial charge is 0.180 e. The Morgan fingerprint density at radius 2 is 2.22 bits per heavy atom. The van der Waals surface area contributed by atoms with E-state index in [1.807, 2.05) is 19.0 Å². The van der Waals surface area contributed by atoms with Gasteiger partial charge in [0, 0.05) is 20.6 Å². The molecule has 0 aliphatic heterocycles. The molecule has 0 fully saturated rings. The molecule has 4 heteroatoms. The zero-order valence-corrected chi connectivity index (χ0v) is 6.88. The highest BCUT2D eigenvalue weighted by Crippen LogP contribution is 1.71. The second-order valence-electron chi connectivity index (χ2n) is 1.71. The molecule has 0 heterocycles. The van der Waals surface area contributed by atoms with E-state index in [1.54, 1.807) is 7.05 Å². The molecule has 0 aromatic rings. The van der Waals surface area contributed by atoms with Crippen LogP contribution in [0.5, 0.6) is 0 Å². The van der Waals surface area contributed by atoms with Gasteiger partial charge in [-0.05, 0) is 12.2 Å². The summed E-state index contributed by atoms with van der Waals surface area (Å²) in [5.74, 6) is 0. The van der Waals surface area contributed by atoms with E-state index >= 15 is 0 Å². The lowest BCUT2D eigenvalue weighted by atomic mass is 10.7. The second-order valence-corrected chi connectivity index (χ2v) is 2.11. The van der Waals surface area contributed by atoms with Crippen LogP contribution in [0.4, 0.5) is 0 Å². The fourth-order valence-corrected chi connectivity index (χ4v) is 0.464. The molecule has 0 aliphatic carbocycles. The number of hydrogen-bond donors (Lipinski definition) is 2. The van der Waals surface area contributed by atoms with Gasteiger partial charge in [-0.3, -0.25) is 5.43 Å². The largest absolute Gasteiger partial charge is 0.365 e. The Kier molecular flexibility index (Phi) is 4.35. The summed E-state index contributed by atoms with van der Waals surface area (Å²) in [6, 6.07) is 0. The maximum atomic E-state index is 4.83. The van der Waals surface area contributed by atoms with Crippen LogP contribution in [0.3, 0.4) is 0 Å². The Labute approximate surface area is 61.4 Å². The van der Waals surface area contributed by atoms with Crippen molar-refractivity contribution in [3.8, 4) is 0 Å². The Bertz CT molecular complexity index is 94.2. The highest BCUT2D eigenvalue weighted by Gasteiger charge is 1.92. The molecular formula is C5H13N3S. The Morgan fingerprint density at radius 3 is 2.56 bits per heavy atom. The number of nitrogens with one attached hydrogen (secondary N) is 2. The summed E-state index contributed by atoms with van der Waals surface area (Å²) in [6.45, 7) is 2.98. The first-order valence-electron chi connectivity index (χ1n) is 2.90. The zero-order chi connectivity index (χ0) is 7.28. The molecule has 0 saturated heterocycles. The summed E-state index contributed by atoms with van der Waals surface area (Å²) < 4.78 is 0. The van der Waals surface area contributed by atoms with E-state index < -0.39 is 0 Å². The summed E-state index contributed by atoms with van der Waals surface area (Å²) in [5, 5.41) is 5.36. The number of nitrogens with zero attached hydrogens (tertiary/aromatic N) is 1. The van der Waals surface area contributed by atoms with Crippen LogP contribution in [0.1, 0.15) is 6.92 Å². The average molecular weight is 147 g/mol. The van der Waals surface area contributed by atoms with Crippen molar-refractivity contribution in [1.82, 2.24) is 15.8 Å². The predicted molar refractivity (Wildman–Crippen MR) is 43.1 cm³/mol. The van der Waals surface area contributed by atoms with Gasteiger partial charge < -0.3 is 5.32 Å². The molecule has 0 saturated carbocycles. The Hall–Kier alpha value is -0.350. The van der Waals surface area contributed by atoms with Gasteiger partial charge in [0.05, 0.1) is 0 Å². The van der Waals surface area contributed by atoms with Crippen LogP contribution in [0.2, 0.25) is 0 Å². The fraction of sp³-hybridized carbons (Fsp3) is 0.800. The summed E-state index contributed by atoms with van der Waals surface area (Å²) in [7, 11) is 3.72. The summed E-state index contributed by atoms with van der Waals surface area (Å²) >= 11 is 4.83. The number of hydrazine groups is 1. The van der Waals surface area contributed by atoms with E-state index in [4.69, 9.17) is 12.2 Å². The first-order chi connectivity index (χ1) is 4.20. The fourth-order valence-electron chi connectivity index (χ4n) is 0.308. The molecule has 0 aromatic heterocycles. The number of thiocarbonyl (C=S) groups is 1. The SMILES string of the molecule is CCN(C)NC(=S)NC. The zero-order valence-electron chi connectivity index (χ0n) is 6.06. The molecule has 0 radical (unpaired) electrons.